The number of amides is 1. The minimum atomic E-state index is -4.76. The topological polar surface area (TPSA) is 115 Å². The summed E-state index contributed by atoms with van der Waals surface area (Å²) >= 11 is 0. The van der Waals surface area contributed by atoms with Crippen molar-refractivity contribution in [3.63, 3.8) is 0 Å². The molecule has 2 heterocycles. The summed E-state index contributed by atoms with van der Waals surface area (Å²) in [5, 5.41) is 11.1. The number of halogens is 3. The number of nitrogens with one attached hydrogen (secondary N) is 1. The van der Waals surface area contributed by atoms with E-state index >= 15 is 0 Å². The largest absolute Gasteiger partial charge is 0.417 e. The maximum Gasteiger partial charge on any atom is 0.417 e. The van der Waals surface area contributed by atoms with Gasteiger partial charge >= 0.3 is 11.9 Å². The number of benzene rings is 1. The van der Waals surface area contributed by atoms with Gasteiger partial charge in [-0.2, -0.15) is 18.4 Å². The predicted molar refractivity (Wildman–Crippen MR) is 95.0 cm³/mol. The van der Waals surface area contributed by atoms with Gasteiger partial charge in [-0.1, -0.05) is 0 Å². The second-order valence-corrected chi connectivity index (χ2v) is 6.17. The number of carbonyl (C=O) groups is 1. The fourth-order valence-corrected chi connectivity index (χ4v) is 2.83. The molecule has 0 spiro atoms. The second kappa shape index (κ2) is 6.93. The SMILES string of the molecule is Cn1c(=O)c2c(ncn2CC(=O)Nc2ccc(C#N)c(C(F)(F)F)c2)n(C)c1=O. The van der Waals surface area contributed by atoms with Crippen LogP contribution in [0.15, 0.2) is 34.1 Å². The number of hydrogen-bond acceptors (Lipinski definition) is 5. The van der Waals surface area contributed by atoms with E-state index in [1.807, 2.05) is 0 Å². The highest BCUT2D eigenvalue weighted by atomic mass is 19.4. The number of aromatic nitrogens is 4. The lowest BCUT2D eigenvalue weighted by Gasteiger charge is -2.12. The van der Waals surface area contributed by atoms with E-state index in [0.29, 0.717) is 6.07 Å². The number of aryl methyl sites for hydroxylation is 1. The summed E-state index contributed by atoms with van der Waals surface area (Å²) < 4.78 is 42.3. The average Bonchev–Trinajstić information content (AvgIpc) is 3.07. The Hall–Kier alpha value is -3.88. The molecule has 2 aromatic heterocycles. The quantitative estimate of drug-likeness (QED) is 0.696. The molecule has 0 radical (unpaired) electrons. The molecule has 1 aromatic carbocycles. The Morgan fingerprint density at radius 3 is 2.55 bits per heavy atom. The molecule has 3 rings (SSSR count). The van der Waals surface area contributed by atoms with Crippen LogP contribution < -0.4 is 16.6 Å². The summed E-state index contributed by atoms with van der Waals surface area (Å²) in [5.41, 5.74) is -3.08. The maximum atomic E-state index is 13.0. The van der Waals surface area contributed by atoms with E-state index < -0.39 is 41.0 Å². The first-order valence-electron chi connectivity index (χ1n) is 8.06. The molecular weight excluding hydrogens is 393 g/mol. The minimum absolute atomic E-state index is 0.000518. The second-order valence-electron chi connectivity index (χ2n) is 6.17. The summed E-state index contributed by atoms with van der Waals surface area (Å²) in [6.07, 6.45) is -3.58. The van der Waals surface area contributed by atoms with Crippen LogP contribution in [0, 0.1) is 11.3 Å². The summed E-state index contributed by atoms with van der Waals surface area (Å²) in [7, 11) is 2.69. The Kier molecular flexibility index (Phi) is 4.75. The van der Waals surface area contributed by atoms with Gasteiger partial charge in [-0.25, -0.2) is 9.78 Å². The van der Waals surface area contributed by atoms with Crippen molar-refractivity contribution in [1.29, 1.82) is 5.26 Å². The molecule has 0 aliphatic heterocycles. The third-order valence-electron chi connectivity index (χ3n) is 4.26. The first-order valence-corrected chi connectivity index (χ1v) is 8.06. The lowest BCUT2D eigenvalue weighted by molar-refractivity contribution is -0.137. The fourth-order valence-electron chi connectivity index (χ4n) is 2.83. The van der Waals surface area contributed by atoms with Gasteiger partial charge in [0, 0.05) is 19.8 Å². The molecule has 0 aliphatic carbocycles. The van der Waals surface area contributed by atoms with Crippen molar-refractivity contribution in [3.8, 4) is 6.07 Å². The van der Waals surface area contributed by atoms with Gasteiger partial charge in [0.2, 0.25) is 5.91 Å². The normalized spacial score (nSPS) is 11.4. The van der Waals surface area contributed by atoms with Crippen LogP contribution >= 0.6 is 0 Å². The van der Waals surface area contributed by atoms with Crippen LogP contribution in [0.25, 0.3) is 11.2 Å². The highest BCUT2D eigenvalue weighted by molar-refractivity contribution is 5.91. The van der Waals surface area contributed by atoms with Crippen LogP contribution in [0.1, 0.15) is 11.1 Å². The molecule has 0 fully saturated rings. The van der Waals surface area contributed by atoms with E-state index in [2.05, 4.69) is 10.3 Å². The summed E-state index contributed by atoms with van der Waals surface area (Å²) in [4.78, 5) is 40.5. The average molecular weight is 406 g/mol. The molecule has 12 heteroatoms. The van der Waals surface area contributed by atoms with Gasteiger partial charge in [0.25, 0.3) is 5.56 Å². The zero-order chi connectivity index (χ0) is 21.5. The molecule has 3 aromatic rings. The van der Waals surface area contributed by atoms with Crippen LogP contribution in [0.2, 0.25) is 0 Å². The van der Waals surface area contributed by atoms with Crippen LogP contribution in [0.5, 0.6) is 0 Å². The fraction of sp³-hybridized carbons (Fsp3) is 0.235. The van der Waals surface area contributed by atoms with Gasteiger partial charge in [0.15, 0.2) is 11.2 Å². The van der Waals surface area contributed by atoms with Gasteiger partial charge < -0.3 is 9.88 Å². The zero-order valence-electron chi connectivity index (χ0n) is 15.1. The number of imidazole rings is 1. The monoisotopic (exact) mass is 406 g/mol. The number of nitriles is 1. The Bertz CT molecular complexity index is 1290. The number of fused-ring (bicyclic) bond motifs is 1. The molecule has 150 valence electrons. The van der Waals surface area contributed by atoms with E-state index in [0.717, 1.165) is 15.2 Å². The maximum absolute atomic E-state index is 13.0. The number of carbonyl (C=O) groups excluding carboxylic acids is 1. The predicted octanol–water partition coefficient (Wildman–Crippen LogP) is 0.963. The smallest absolute Gasteiger partial charge is 0.325 e. The van der Waals surface area contributed by atoms with E-state index in [9.17, 15) is 27.6 Å². The van der Waals surface area contributed by atoms with Crippen molar-refractivity contribution < 1.29 is 18.0 Å². The van der Waals surface area contributed by atoms with Crippen molar-refractivity contribution in [1.82, 2.24) is 18.7 Å². The molecule has 0 atom stereocenters. The molecule has 9 nitrogen and oxygen atoms in total. The number of anilines is 1. The van der Waals surface area contributed by atoms with E-state index in [1.165, 1.54) is 37.1 Å². The van der Waals surface area contributed by atoms with Crippen molar-refractivity contribution in [2.24, 2.45) is 14.1 Å². The minimum Gasteiger partial charge on any atom is -0.325 e. The van der Waals surface area contributed by atoms with Crippen LogP contribution in [-0.4, -0.2) is 24.6 Å². The number of hydrogen-bond donors (Lipinski definition) is 1. The first-order chi connectivity index (χ1) is 13.5. The zero-order valence-corrected chi connectivity index (χ0v) is 15.1. The number of alkyl halides is 3. The molecule has 1 amide bonds. The number of rotatable bonds is 3. The van der Waals surface area contributed by atoms with Crippen molar-refractivity contribution >= 4 is 22.8 Å². The third-order valence-corrected chi connectivity index (χ3v) is 4.26. The van der Waals surface area contributed by atoms with Gasteiger partial charge in [-0.3, -0.25) is 18.7 Å². The van der Waals surface area contributed by atoms with Gasteiger partial charge in [-0.15, -0.1) is 0 Å². The van der Waals surface area contributed by atoms with Crippen molar-refractivity contribution in [2.75, 3.05) is 5.32 Å². The number of nitrogens with zero attached hydrogens (tertiary/aromatic N) is 5. The Labute approximate surface area is 160 Å². The molecule has 0 unspecified atom stereocenters. The summed E-state index contributed by atoms with van der Waals surface area (Å²) in [6.45, 7) is -0.425. The Morgan fingerprint density at radius 1 is 1.24 bits per heavy atom. The van der Waals surface area contributed by atoms with Crippen LogP contribution in [-0.2, 0) is 31.6 Å². The van der Waals surface area contributed by atoms with Gasteiger partial charge in [0.1, 0.15) is 6.54 Å². The van der Waals surface area contributed by atoms with Crippen LogP contribution in [0.4, 0.5) is 18.9 Å². The van der Waals surface area contributed by atoms with Gasteiger partial charge in [0.05, 0.1) is 23.5 Å². The van der Waals surface area contributed by atoms with E-state index in [-0.39, 0.29) is 16.9 Å². The van der Waals surface area contributed by atoms with E-state index in [1.54, 1.807) is 0 Å². The van der Waals surface area contributed by atoms with Crippen molar-refractivity contribution in [2.45, 2.75) is 12.7 Å². The third kappa shape index (κ3) is 3.49. The molecule has 0 saturated heterocycles. The highest BCUT2D eigenvalue weighted by Gasteiger charge is 2.34. The Balaban J connectivity index is 1.92. The first kappa shape index (κ1) is 19.9. The molecule has 1 N–H and O–H groups in total. The van der Waals surface area contributed by atoms with Crippen LogP contribution in [0.3, 0.4) is 0 Å². The standard InChI is InChI=1S/C17H13F3N6O3/c1-24-14-13(15(28)25(2)16(24)29)26(8-22-14)7-12(27)23-10-4-3-9(6-21)11(5-10)17(18,19)20/h3-5,8H,7H2,1-2H3,(H,23,27). The molecule has 0 saturated carbocycles. The van der Waals surface area contributed by atoms with E-state index in [4.69, 9.17) is 5.26 Å². The lowest BCUT2D eigenvalue weighted by atomic mass is 10.1. The highest BCUT2D eigenvalue weighted by Crippen LogP contribution is 2.33. The molecule has 0 bridgehead atoms. The van der Waals surface area contributed by atoms with Crippen molar-refractivity contribution in [3.05, 3.63) is 56.5 Å². The Morgan fingerprint density at radius 2 is 1.93 bits per heavy atom. The lowest BCUT2D eigenvalue weighted by Crippen LogP contribution is -2.37. The summed E-state index contributed by atoms with van der Waals surface area (Å²) in [6, 6.07) is 4.23. The van der Waals surface area contributed by atoms with Gasteiger partial charge in [-0.05, 0) is 18.2 Å². The molecular formula is C17H13F3N6O3. The molecule has 29 heavy (non-hydrogen) atoms. The molecule has 0 aliphatic rings. The summed E-state index contributed by atoms with van der Waals surface area (Å²) in [5.74, 6) is -0.724.